The van der Waals surface area contributed by atoms with Crippen molar-refractivity contribution in [2.75, 3.05) is 30.5 Å². The molecule has 17 heavy (non-hydrogen) atoms. The smallest absolute Gasteiger partial charge is 0.304 e. The van der Waals surface area contributed by atoms with Crippen LogP contribution in [0.2, 0.25) is 0 Å². The summed E-state index contributed by atoms with van der Waals surface area (Å²) in [6.07, 6.45) is 0. The summed E-state index contributed by atoms with van der Waals surface area (Å²) in [4.78, 5) is 0. The van der Waals surface area contributed by atoms with Gasteiger partial charge in [0.1, 0.15) is 5.75 Å². The van der Waals surface area contributed by atoms with Crippen molar-refractivity contribution in [3.05, 3.63) is 24.3 Å². The lowest BCUT2D eigenvalue weighted by atomic mass is 10.3. The van der Waals surface area contributed by atoms with E-state index in [9.17, 15) is 13.5 Å². The molecule has 0 aliphatic carbocycles. The Morgan fingerprint density at radius 1 is 1.29 bits per heavy atom. The molecule has 1 aliphatic heterocycles. The van der Waals surface area contributed by atoms with Gasteiger partial charge in [-0.1, -0.05) is 12.1 Å². The Balaban J connectivity index is 2.34. The number of para-hydroxylation sites is 2. The number of hydrogen-bond donors (Lipinski definition) is 2. The molecular formula is C10H15N3O3S. The second-order valence-corrected chi connectivity index (χ2v) is 5.61. The molecule has 0 atom stereocenters. The maximum Gasteiger partial charge on any atom is 0.304 e. The Morgan fingerprint density at radius 2 is 2.00 bits per heavy atom. The van der Waals surface area contributed by atoms with E-state index in [4.69, 9.17) is 5.73 Å². The monoisotopic (exact) mass is 257 g/mol. The van der Waals surface area contributed by atoms with E-state index in [1.165, 1.54) is 14.7 Å². The SMILES string of the molecule is NCCN1CCN(c2ccccc2O)S1(=O)=O. The van der Waals surface area contributed by atoms with Crippen LogP contribution in [0.3, 0.4) is 0 Å². The summed E-state index contributed by atoms with van der Waals surface area (Å²) in [6.45, 7) is 1.31. The minimum absolute atomic E-state index is 0.0364. The Bertz CT molecular complexity index is 503. The summed E-state index contributed by atoms with van der Waals surface area (Å²) in [7, 11) is -3.54. The van der Waals surface area contributed by atoms with Gasteiger partial charge >= 0.3 is 10.2 Å². The molecule has 0 saturated carbocycles. The molecule has 2 rings (SSSR count). The molecule has 3 N–H and O–H groups in total. The summed E-state index contributed by atoms with van der Waals surface area (Å²) in [5.74, 6) is -0.0364. The summed E-state index contributed by atoms with van der Waals surface area (Å²) >= 11 is 0. The Kier molecular flexibility index (Phi) is 3.23. The lowest BCUT2D eigenvalue weighted by molar-refractivity contribution is 0.458. The van der Waals surface area contributed by atoms with E-state index in [0.717, 1.165) is 0 Å². The highest BCUT2D eigenvalue weighted by Gasteiger charge is 2.36. The number of hydrogen-bond acceptors (Lipinski definition) is 4. The van der Waals surface area contributed by atoms with Crippen molar-refractivity contribution in [1.29, 1.82) is 0 Å². The highest BCUT2D eigenvalue weighted by Crippen LogP contribution is 2.32. The van der Waals surface area contributed by atoms with E-state index in [1.54, 1.807) is 18.2 Å². The minimum Gasteiger partial charge on any atom is -0.506 e. The third-order valence-electron chi connectivity index (χ3n) is 2.69. The van der Waals surface area contributed by atoms with Crippen LogP contribution in [-0.4, -0.2) is 44.0 Å². The summed E-state index contributed by atoms with van der Waals surface area (Å²) < 4.78 is 26.8. The first-order valence-electron chi connectivity index (χ1n) is 5.33. The summed E-state index contributed by atoms with van der Waals surface area (Å²) in [5.41, 5.74) is 5.68. The fourth-order valence-corrected chi connectivity index (χ4v) is 3.51. The van der Waals surface area contributed by atoms with Gasteiger partial charge in [0, 0.05) is 26.2 Å². The van der Waals surface area contributed by atoms with Gasteiger partial charge in [0.2, 0.25) is 0 Å². The molecule has 0 bridgehead atoms. The van der Waals surface area contributed by atoms with E-state index < -0.39 is 10.2 Å². The van der Waals surface area contributed by atoms with E-state index in [2.05, 4.69) is 0 Å². The number of benzene rings is 1. The van der Waals surface area contributed by atoms with Gasteiger partial charge in [-0.25, -0.2) is 0 Å². The Labute approximate surface area is 100 Å². The van der Waals surface area contributed by atoms with Gasteiger partial charge < -0.3 is 10.8 Å². The maximum atomic E-state index is 12.1. The largest absolute Gasteiger partial charge is 0.506 e. The molecule has 1 saturated heterocycles. The topological polar surface area (TPSA) is 86.9 Å². The highest BCUT2D eigenvalue weighted by atomic mass is 32.2. The predicted octanol–water partition coefficient (Wildman–Crippen LogP) is -0.282. The first-order chi connectivity index (χ1) is 8.07. The molecule has 0 amide bonds. The van der Waals surface area contributed by atoms with Crippen LogP contribution in [0.1, 0.15) is 0 Å². The van der Waals surface area contributed by atoms with Crippen molar-refractivity contribution in [1.82, 2.24) is 4.31 Å². The quantitative estimate of drug-likeness (QED) is 0.779. The summed E-state index contributed by atoms with van der Waals surface area (Å²) in [6, 6.07) is 6.39. The van der Waals surface area contributed by atoms with Crippen LogP contribution in [0.15, 0.2) is 24.3 Å². The molecule has 7 heteroatoms. The first kappa shape index (κ1) is 12.2. The lowest BCUT2D eigenvalue weighted by Crippen LogP contribution is -2.35. The van der Waals surface area contributed by atoms with E-state index in [-0.39, 0.29) is 12.3 Å². The molecule has 6 nitrogen and oxygen atoms in total. The number of anilines is 1. The van der Waals surface area contributed by atoms with Crippen molar-refractivity contribution in [3.63, 3.8) is 0 Å². The van der Waals surface area contributed by atoms with Crippen molar-refractivity contribution in [2.24, 2.45) is 5.73 Å². The van der Waals surface area contributed by atoms with Crippen LogP contribution in [0.5, 0.6) is 5.75 Å². The average Bonchev–Trinajstić information content (AvgIpc) is 2.57. The van der Waals surface area contributed by atoms with Gasteiger partial charge in [0.05, 0.1) is 5.69 Å². The maximum absolute atomic E-state index is 12.1. The van der Waals surface area contributed by atoms with Gasteiger partial charge in [0.25, 0.3) is 0 Å². The number of phenolic OH excluding ortho intramolecular Hbond substituents is 1. The van der Waals surface area contributed by atoms with Crippen LogP contribution in [0, 0.1) is 0 Å². The molecule has 0 spiro atoms. The summed E-state index contributed by atoms with van der Waals surface area (Å²) in [5, 5.41) is 9.67. The van der Waals surface area contributed by atoms with Gasteiger partial charge in [-0.2, -0.15) is 12.7 Å². The van der Waals surface area contributed by atoms with Crippen molar-refractivity contribution in [3.8, 4) is 5.75 Å². The van der Waals surface area contributed by atoms with Crippen LogP contribution in [0.4, 0.5) is 5.69 Å². The van der Waals surface area contributed by atoms with E-state index in [0.29, 0.717) is 25.3 Å². The molecular weight excluding hydrogens is 242 g/mol. The van der Waals surface area contributed by atoms with Gasteiger partial charge in [-0.05, 0) is 12.1 Å². The molecule has 1 aromatic rings. The fraction of sp³-hybridized carbons (Fsp3) is 0.400. The van der Waals surface area contributed by atoms with E-state index in [1.807, 2.05) is 0 Å². The van der Waals surface area contributed by atoms with Crippen LogP contribution < -0.4 is 10.0 Å². The zero-order valence-corrected chi connectivity index (χ0v) is 10.1. The standard InChI is InChI=1S/C10H15N3O3S/c11-5-6-12-7-8-13(17(12,15)16)9-3-1-2-4-10(9)14/h1-4,14H,5-8,11H2. The Morgan fingerprint density at radius 3 is 2.65 bits per heavy atom. The Hall–Kier alpha value is -1.31. The second-order valence-electron chi connectivity index (χ2n) is 3.76. The lowest BCUT2D eigenvalue weighted by Gasteiger charge is -2.20. The van der Waals surface area contributed by atoms with Crippen LogP contribution in [0.25, 0.3) is 0 Å². The molecule has 94 valence electrons. The minimum atomic E-state index is -3.54. The molecule has 1 aliphatic rings. The molecule has 1 aromatic carbocycles. The number of nitrogens with zero attached hydrogens (tertiary/aromatic N) is 2. The van der Waals surface area contributed by atoms with Gasteiger partial charge in [-0.3, -0.25) is 4.31 Å². The number of rotatable bonds is 3. The molecule has 1 heterocycles. The molecule has 0 radical (unpaired) electrons. The number of nitrogens with two attached hydrogens (primary N) is 1. The zero-order valence-electron chi connectivity index (χ0n) is 9.28. The highest BCUT2D eigenvalue weighted by molar-refractivity contribution is 7.90. The van der Waals surface area contributed by atoms with Gasteiger partial charge in [0.15, 0.2) is 0 Å². The van der Waals surface area contributed by atoms with Crippen molar-refractivity contribution >= 4 is 15.9 Å². The predicted molar refractivity (Wildman–Crippen MR) is 65.0 cm³/mol. The molecule has 0 aromatic heterocycles. The van der Waals surface area contributed by atoms with Crippen molar-refractivity contribution in [2.45, 2.75) is 0 Å². The van der Waals surface area contributed by atoms with E-state index >= 15 is 0 Å². The van der Waals surface area contributed by atoms with Crippen molar-refractivity contribution < 1.29 is 13.5 Å². The molecule has 1 fully saturated rings. The third-order valence-corrected chi connectivity index (χ3v) is 4.64. The van der Waals surface area contributed by atoms with Crippen LogP contribution in [-0.2, 0) is 10.2 Å². The third kappa shape index (κ3) is 2.08. The normalized spacial score (nSPS) is 19.7. The number of phenols is 1. The first-order valence-corrected chi connectivity index (χ1v) is 6.73. The average molecular weight is 257 g/mol. The number of aromatic hydroxyl groups is 1. The fourth-order valence-electron chi connectivity index (χ4n) is 1.86. The van der Waals surface area contributed by atoms with Gasteiger partial charge in [-0.15, -0.1) is 0 Å². The molecule has 0 unspecified atom stereocenters. The second kappa shape index (κ2) is 4.52. The van der Waals surface area contributed by atoms with Crippen LogP contribution >= 0.6 is 0 Å². The zero-order chi connectivity index (χ0) is 12.5.